The van der Waals surface area contributed by atoms with Crippen LogP contribution in [0.2, 0.25) is 0 Å². The number of carbonyl (C=O) groups is 1. The monoisotopic (exact) mass is 429 g/mol. The first kappa shape index (κ1) is 19.3. The number of hydrogen-bond acceptors (Lipinski definition) is 6. The van der Waals surface area contributed by atoms with E-state index in [2.05, 4.69) is 24.0 Å². The summed E-state index contributed by atoms with van der Waals surface area (Å²) in [5.74, 6) is 2.24. The van der Waals surface area contributed by atoms with Gasteiger partial charge in [0, 0.05) is 17.5 Å². The Morgan fingerprint density at radius 1 is 1.24 bits per heavy atom. The van der Waals surface area contributed by atoms with Gasteiger partial charge in [-0.3, -0.25) is 9.20 Å². The Labute approximate surface area is 179 Å². The van der Waals surface area contributed by atoms with Crippen LogP contribution < -0.4 is 0 Å². The topological polar surface area (TPSA) is 63.4 Å². The minimum atomic E-state index is 0.201. The summed E-state index contributed by atoms with van der Waals surface area (Å²) in [6, 6.07) is 0.342. The maximum absolute atomic E-state index is 12.8. The van der Waals surface area contributed by atoms with Gasteiger partial charge in [-0.1, -0.05) is 18.7 Å². The molecule has 3 aromatic heterocycles. The van der Waals surface area contributed by atoms with Crippen molar-refractivity contribution in [2.75, 3.05) is 12.3 Å². The van der Waals surface area contributed by atoms with Crippen molar-refractivity contribution >= 4 is 44.9 Å². The van der Waals surface area contributed by atoms with Gasteiger partial charge in [-0.05, 0) is 63.9 Å². The second kappa shape index (κ2) is 7.54. The fourth-order valence-corrected chi connectivity index (χ4v) is 7.03. The van der Waals surface area contributed by atoms with Crippen LogP contribution in [-0.2, 0) is 17.6 Å². The Balaban J connectivity index is 1.46. The average Bonchev–Trinajstić information content (AvgIpc) is 3.27. The first-order valence-corrected chi connectivity index (χ1v) is 12.4. The van der Waals surface area contributed by atoms with Crippen LogP contribution in [0.5, 0.6) is 0 Å². The SMILES string of the molecule is Cc1nc2sc3c(c2c2nnc(SCC(=O)N4CCCC[C@H]4C)n12)CC[C@H](C)C3. The molecule has 0 spiro atoms. The summed E-state index contributed by atoms with van der Waals surface area (Å²) in [5, 5.41) is 11.0. The Hall–Kier alpha value is -1.67. The summed E-state index contributed by atoms with van der Waals surface area (Å²) in [7, 11) is 0. The van der Waals surface area contributed by atoms with Gasteiger partial charge in [0.2, 0.25) is 5.91 Å². The second-order valence-electron chi connectivity index (χ2n) is 8.55. The summed E-state index contributed by atoms with van der Waals surface area (Å²) in [6.45, 7) is 7.37. The van der Waals surface area contributed by atoms with E-state index in [9.17, 15) is 4.79 Å². The lowest BCUT2D eigenvalue weighted by Crippen LogP contribution is -2.42. The Kier molecular flexibility index (Phi) is 5.02. The molecule has 3 aromatic rings. The molecule has 2 atom stereocenters. The molecule has 1 amide bonds. The number of amides is 1. The van der Waals surface area contributed by atoms with Gasteiger partial charge >= 0.3 is 0 Å². The molecule has 6 nitrogen and oxygen atoms in total. The van der Waals surface area contributed by atoms with Crippen molar-refractivity contribution in [3.05, 3.63) is 16.3 Å². The smallest absolute Gasteiger partial charge is 0.233 e. The molecule has 4 heterocycles. The highest BCUT2D eigenvalue weighted by molar-refractivity contribution is 7.99. The number of thioether (sulfide) groups is 1. The zero-order valence-electron chi connectivity index (χ0n) is 17.3. The number of aromatic nitrogens is 4. The normalized spacial score (nSPS) is 22.4. The lowest BCUT2D eigenvalue weighted by molar-refractivity contribution is -0.131. The van der Waals surface area contributed by atoms with E-state index in [-0.39, 0.29) is 5.91 Å². The highest BCUT2D eigenvalue weighted by atomic mass is 32.2. The molecule has 0 radical (unpaired) electrons. The molecule has 5 rings (SSSR count). The molecular weight excluding hydrogens is 402 g/mol. The third-order valence-corrected chi connectivity index (χ3v) is 8.45. The van der Waals surface area contributed by atoms with Gasteiger partial charge in [0.1, 0.15) is 10.7 Å². The standard InChI is InChI=1S/C21H27N5OS2/c1-12-7-8-15-16(10-12)29-20-18(15)19-23-24-21(26(19)14(3)22-20)28-11-17(27)25-9-5-4-6-13(25)2/h12-13H,4-11H2,1-3H3/t12-,13+/m0/s1. The number of piperidine rings is 1. The first-order chi connectivity index (χ1) is 14.0. The number of rotatable bonds is 3. The van der Waals surface area contributed by atoms with Crippen molar-refractivity contribution in [1.82, 2.24) is 24.5 Å². The van der Waals surface area contributed by atoms with Crippen molar-refractivity contribution < 1.29 is 4.79 Å². The van der Waals surface area contributed by atoms with E-state index in [1.54, 1.807) is 0 Å². The summed E-state index contributed by atoms with van der Waals surface area (Å²) >= 11 is 3.30. The number of likely N-dealkylation sites (tertiary alicyclic amines) is 1. The Morgan fingerprint density at radius 3 is 2.93 bits per heavy atom. The molecule has 0 N–H and O–H groups in total. The summed E-state index contributed by atoms with van der Waals surface area (Å²) in [6.07, 6.45) is 6.89. The summed E-state index contributed by atoms with van der Waals surface area (Å²) < 4.78 is 2.05. The number of aryl methyl sites for hydroxylation is 2. The van der Waals surface area contributed by atoms with Crippen LogP contribution in [0.25, 0.3) is 15.9 Å². The minimum absolute atomic E-state index is 0.201. The Morgan fingerprint density at radius 2 is 2.10 bits per heavy atom. The molecule has 8 heteroatoms. The van der Waals surface area contributed by atoms with Crippen LogP contribution in [0.1, 0.15) is 55.8 Å². The predicted octanol–water partition coefficient (Wildman–Crippen LogP) is 4.27. The maximum Gasteiger partial charge on any atom is 0.233 e. The van der Waals surface area contributed by atoms with Crippen LogP contribution in [0.3, 0.4) is 0 Å². The molecule has 1 aliphatic carbocycles. The molecule has 29 heavy (non-hydrogen) atoms. The number of fused-ring (bicyclic) bond motifs is 5. The van der Waals surface area contributed by atoms with E-state index in [1.807, 2.05) is 27.6 Å². The molecular formula is C21H27N5OS2. The van der Waals surface area contributed by atoms with Gasteiger partial charge in [-0.25, -0.2) is 4.98 Å². The molecule has 0 saturated carbocycles. The van der Waals surface area contributed by atoms with Gasteiger partial charge in [0.05, 0.1) is 11.1 Å². The zero-order chi connectivity index (χ0) is 20.1. The van der Waals surface area contributed by atoms with Gasteiger partial charge in [0.15, 0.2) is 10.8 Å². The van der Waals surface area contributed by atoms with Crippen LogP contribution in [0.4, 0.5) is 0 Å². The van der Waals surface area contributed by atoms with Crippen molar-refractivity contribution in [2.24, 2.45) is 5.92 Å². The van der Waals surface area contributed by atoms with Crippen molar-refractivity contribution in [3.63, 3.8) is 0 Å². The van der Waals surface area contributed by atoms with Gasteiger partial charge in [-0.2, -0.15) is 0 Å². The quantitative estimate of drug-likeness (QED) is 0.582. The van der Waals surface area contributed by atoms with Crippen LogP contribution in [0.15, 0.2) is 5.16 Å². The molecule has 0 aromatic carbocycles. The molecule has 1 aliphatic heterocycles. The number of thiophene rings is 1. The molecule has 2 aliphatic rings. The third kappa shape index (κ3) is 3.34. The lowest BCUT2D eigenvalue weighted by atomic mass is 9.89. The minimum Gasteiger partial charge on any atom is -0.339 e. The summed E-state index contributed by atoms with van der Waals surface area (Å²) in [5.41, 5.74) is 2.32. The zero-order valence-corrected chi connectivity index (χ0v) is 18.9. The highest BCUT2D eigenvalue weighted by Crippen LogP contribution is 2.39. The molecule has 1 fully saturated rings. The van der Waals surface area contributed by atoms with Crippen LogP contribution >= 0.6 is 23.1 Å². The molecule has 1 saturated heterocycles. The van der Waals surface area contributed by atoms with Crippen LogP contribution in [-0.4, -0.2) is 48.7 Å². The van der Waals surface area contributed by atoms with Gasteiger partial charge in [-0.15, -0.1) is 21.5 Å². The maximum atomic E-state index is 12.8. The lowest BCUT2D eigenvalue weighted by Gasteiger charge is -2.33. The van der Waals surface area contributed by atoms with E-state index in [4.69, 9.17) is 4.98 Å². The van der Waals surface area contributed by atoms with Gasteiger partial charge in [0.25, 0.3) is 0 Å². The van der Waals surface area contributed by atoms with E-state index < -0.39 is 0 Å². The van der Waals surface area contributed by atoms with E-state index in [0.29, 0.717) is 11.8 Å². The third-order valence-electron chi connectivity index (χ3n) is 6.39. The van der Waals surface area contributed by atoms with E-state index in [1.165, 1.54) is 40.4 Å². The number of carbonyl (C=O) groups excluding carboxylic acids is 1. The van der Waals surface area contributed by atoms with Crippen LogP contribution in [0, 0.1) is 12.8 Å². The summed E-state index contributed by atoms with van der Waals surface area (Å²) in [4.78, 5) is 22.2. The fourth-order valence-electron chi connectivity index (χ4n) is 4.74. The van der Waals surface area contributed by atoms with E-state index in [0.717, 1.165) is 59.6 Å². The van der Waals surface area contributed by atoms with E-state index >= 15 is 0 Å². The largest absolute Gasteiger partial charge is 0.339 e. The fraction of sp³-hybridized carbons (Fsp3) is 0.619. The van der Waals surface area contributed by atoms with Gasteiger partial charge < -0.3 is 4.90 Å². The molecule has 0 bridgehead atoms. The van der Waals surface area contributed by atoms with Crippen molar-refractivity contribution in [1.29, 1.82) is 0 Å². The van der Waals surface area contributed by atoms with Crippen molar-refractivity contribution in [3.8, 4) is 0 Å². The number of hydrogen-bond donors (Lipinski definition) is 0. The number of nitrogens with zero attached hydrogens (tertiary/aromatic N) is 5. The second-order valence-corrected chi connectivity index (χ2v) is 10.6. The Bertz CT molecular complexity index is 1090. The molecule has 154 valence electrons. The average molecular weight is 430 g/mol. The molecule has 0 unspecified atom stereocenters. The van der Waals surface area contributed by atoms with Crippen molar-refractivity contribution in [2.45, 2.75) is 70.5 Å². The highest BCUT2D eigenvalue weighted by Gasteiger charge is 2.26. The first-order valence-electron chi connectivity index (χ1n) is 10.6. The predicted molar refractivity (Wildman–Crippen MR) is 118 cm³/mol.